The van der Waals surface area contributed by atoms with E-state index in [-0.39, 0.29) is 24.0 Å². The zero-order valence-electron chi connectivity index (χ0n) is 21.5. The van der Waals surface area contributed by atoms with Crippen LogP contribution in [0.5, 0.6) is 0 Å². The Kier molecular flexibility index (Phi) is 7.39. The summed E-state index contributed by atoms with van der Waals surface area (Å²) >= 11 is 0. The topological polar surface area (TPSA) is 78.6 Å². The molecular weight excluding hydrogens is 440 g/mol. The van der Waals surface area contributed by atoms with Gasteiger partial charge in [0.05, 0.1) is 17.6 Å². The fraction of sp³-hybridized carbons (Fsp3) is 0.607. The van der Waals surface area contributed by atoms with E-state index in [2.05, 4.69) is 28.5 Å². The lowest BCUT2D eigenvalue weighted by molar-refractivity contribution is -0.138. The molecule has 7 nitrogen and oxygen atoms in total. The molecule has 2 aromatic rings. The summed E-state index contributed by atoms with van der Waals surface area (Å²) in [6.45, 7) is 10.5. The predicted molar refractivity (Wildman–Crippen MR) is 136 cm³/mol. The predicted octanol–water partition coefficient (Wildman–Crippen LogP) is 5.10. The molecule has 0 spiro atoms. The van der Waals surface area contributed by atoms with E-state index in [0.29, 0.717) is 18.7 Å². The summed E-state index contributed by atoms with van der Waals surface area (Å²) in [5.74, 6) is 0.0406. The van der Waals surface area contributed by atoms with E-state index >= 15 is 0 Å². The van der Waals surface area contributed by atoms with Crippen LogP contribution < -0.4 is 0 Å². The number of hydrogen-bond donors (Lipinski definition) is 0. The standard InChI is InChI=1S/C28H38N4O3/c1-5-31-24(17-21-11-10-20(18-29)16-25(21)31)13-12-23-9-7-15-32(23)26(33)22-8-6-14-30(19-22)27(34)35-28(2,3)4/h10-11,16-17,22-23H,5-9,12-15,19H2,1-4H3/t22?,23-/m0/s1. The monoisotopic (exact) mass is 478 g/mol. The van der Waals surface area contributed by atoms with Crippen LogP contribution in [-0.4, -0.2) is 57.6 Å². The van der Waals surface area contributed by atoms with Crippen molar-refractivity contribution in [3.8, 4) is 6.07 Å². The van der Waals surface area contributed by atoms with E-state index in [9.17, 15) is 14.9 Å². The van der Waals surface area contributed by atoms with E-state index in [1.165, 1.54) is 5.69 Å². The highest BCUT2D eigenvalue weighted by molar-refractivity contribution is 5.83. The van der Waals surface area contributed by atoms with E-state index in [1.54, 1.807) is 4.90 Å². The number of ether oxygens (including phenoxy) is 1. The number of aromatic nitrogens is 1. The van der Waals surface area contributed by atoms with E-state index in [0.717, 1.165) is 62.5 Å². The maximum atomic E-state index is 13.5. The van der Waals surface area contributed by atoms with E-state index in [1.807, 2.05) is 39.0 Å². The first-order chi connectivity index (χ1) is 16.7. The van der Waals surface area contributed by atoms with Gasteiger partial charge in [-0.05, 0) is 89.8 Å². The van der Waals surface area contributed by atoms with Crippen LogP contribution >= 0.6 is 0 Å². The number of carbonyl (C=O) groups is 2. The number of fused-ring (bicyclic) bond motifs is 1. The second-order valence-corrected chi connectivity index (χ2v) is 10.9. The highest BCUT2D eigenvalue weighted by Crippen LogP contribution is 2.29. The number of nitriles is 1. The number of aryl methyl sites for hydroxylation is 2. The molecule has 2 amide bonds. The van der Waals surface area contributed by atoms with Crippen molar-refractivity contribution in [2.45, 2.75) is 84.4 Å². The average molecular weight is 479 g/mol. The van der Waals surface area contributed by atoms with Gasteiger partial charge in [-0.15, -0.1) is 0 Å². The Bertz CT molecular complexity index is 1120. The number of rotatable bonds is 5. The second kappa shape index (κ2) is 10.3. The van der Waals surface area contributed by atoms with Gasteiger partial charge in [-0.2, -0.15) is 5.26 Å². The van der Waals surface area contributed by atoms with Crippen molar-refractivity contribution in [2.24, 2.45) is 5.92 Å². The van der Waals surface area contributed by atoms with Crippen LogP contribution in [0.3, 0.4) is 0 Å². The molecule has 1 unspecified atom stereocenters. The molecule has 2 aliphatic rings. The third kappa shape index (κ3) is 5.63. The van der Waals surface area contributed by atoms with E-state index in [4.69, 9.17) is 4.74 Å². The quantitative estimate of drug-likeness (QED) is 0.599. The molecule has 1 aromatic carbocycles. The summed E-state index contributed by atoms with van der Waals surface area (Å²) in [4.78, 5) is 29.9. The maximum Gasteiger partial charge on any atom is 0.410 e. The van der Waals surface area contributed by atoms with Crippen LogP contribution in [0.25, 0.3) is 10.9 Å². The zero-order chi connectivity index (χ0) is 25.2. The lowest BCUT2D eigenvalue weighted by atomic mass is 9.96. The lowest BCUT2D eigenvalue weighted by Crippen LogP contribution is -2.49. The summed E-state index contributed by atoms with van der Waals surface area (Å²) in [7, 11) is 0. The molecule has 2 fully saturated rings. The minimum Gasteiger partial charge on any atom is -0.444 e. The van der Waals surface area contributed by atoms with Crippen LogP contribution in [-0.2, 0) is 22.5 Å². The van der Waals surface area contributed by atoms with Crippen molar-refractivity contribution in [2.75, 3.05) is 19.6 Å². The summed E-state index contributed by atoms with van der Waals surface area (Å²) < 4.78 is 7.83. The molecule has 0 bridgehead atoms. The van der Waals surface area contributed by atoms with Crippen LogP contribution in [0, 0.1) is 17.2 Å². The SMILES string of the molecule is CCn1c(CC[C@@H]2CCCN2C(=O)C2CCCN(C(=O)OC(C)(C)C)C2)cc2ccc(C#N)cc21. The zero-order valence-corrected chi connectivity index (χ0v) is 21.5. The van der Waals surface area contributed by atoms with Gasteiger partial charge in [-0.1, -0.05) is 6.07 Å². The Hall–Kier alpha value is -3.01. The number of likely N-dealkylation sites (tertiary alicyclic amines) is 2. The van der Waals surface area contributed by atoms with E-state index < -0.39 is 5.60 Å². The smallest absolute Gasteiger partial charge is 0.410 e. The largest absolute Gasteiger partial charge is 0.444 e. The Morgan fingerprint density at radius 2 is 1.91 bits per heavy atom. The van der Waals surface area contributed by atoms with Crippen molar-refractivity contribution < 1.29 is 14.3 Å². The summed E-state index contributed by atoms with van der Waals surface area (Å²) in [5.41, 5.74) is 2.50. The Morgan fingerprint density at radius 1 is 1.14 bits per heavy atom. The molecule has 0 radical (unpaired) electrons. The van der Waals surface area contributed by atoms with Crippen molar-refractivity contribution in [1.82, 2.24) is 14.4 Å². The minimum absolute atomic E-state index is 0.150. The van der Waals surface area contributed by atoms with Crippen molar-refractivity contribution >= 4 is 22.9 Å². The Labute approximate surface area is 208 Å². The fourth-order valence-electron chi connectivity index (χ4n) is 5.61. The highest BCUT2D eigenvalue weighted by Gasteiger charge is 2.37. The molecule has 2 saturated heterocycles. The molecule has 188 valence electrons. The average Bonchev–Trinajstić information content (AvgIpc) is 3.44. The van der Waals surface area contributed by atoms with Gasteiger partial charge in [0.2, 0.25) is 5.91 Å². The number of benzene rings is 1. The normalized spacial score (nSPS) is 20.8. The molecule has 0 N–H and O–H groups in total. The molecule has 1 aromatic heterocycles. The maximum absolute atomic E-state index is 13.5. The molecular formula is C28H38N4O3. The molecule has 2 aliphatic heterocycles. The summed E-state index contributed by atoms with van der Waals surface area (Å²) in [6, 6.07) is 10.6. The first-order valence-electron chi connectivity index (χ1n) is 13.0. The molecule has 2 atom stereocenters. The van der Waals surface area contributed by atoms with Gasteiger partial charge in [-0.3, -0.25) is 4.79 Å². The first kappa shape index (κ1) is 25.1. The molecule has 4 rings (SSSR count). The summed E-state index contributed by atoms with van der Waals surface area (Å²) in [6.07, 6.45) is 5.21. The molecule has 35 heavy (non-hydrogen) atoms. The number of amides is 2. The number of carbonyl (C=O) groups excluding carboxylic acids is 2. The minimum atomic E-state index is -0.536. The summed E-state index contributed by atoms with van der Waals surface area (Å²) in [5, 5.41) is 10.4. The van der Waals surface area contributed by atoms with Crippen molar-refractivity contribution in [3.63, 3.8) is 0 Å². The Morgan fingerprint density at radius 3 is 2.63 bits per heavy atom. The highest BCUT2D eigenvalue weighted by atomic mass is 16.6. The molecule has 7 heteroatoms. The second-order valence-electron chi connectivity index (χ2n) is 10.9. The molecule has 3 heterocycles. The lowest BCUT2D eigenvalue weighted by Gasteiger charge is -2.36. The van der Waals surface area contributed by atoms with Crippen molar-refractivity contribution in [3.05, 3.63) is 35.5 Å². The van der Waals surface area contributed by atoms with Crippen LogP contribution in [0.4, 0.5) is 4.79 Å². The van der Waals surface area contributed by atoms with Gasteiger partial charge in [0.1, 0.15) is 5.60 Å². The van der Waals surface area contributed by atoms with Gasteiger partial charge < -0.3 is 19.1 Å². The number of nitrogens with zero attached hydrogens (tertiary/aromatic N) is 4. The number of piperidine rings is 1. The van der Waals surface area contributed by atoms with Crippen LogP contribution in [0.15, 0.2) is 24.3 Å². The van der Waals surface area contributed by atoms with Crippen LogP contribution in [0.2, 0.25) is 0 Å². The first-order valence-corrected chi connectivity index (χ1v) is 13.0. The van der Waals surface area contributed by atoms with Gasteiger partial charge in [-0.25, -0.2) is 4.79 Å². The van der Waals surface area contributed by atoms with Crippen LogP contribution in [0.1, 0.15) is 71.1 Å². The van der Waals surface area contributed by atoms with Gasteiger partial charge in [0.25, 0.3) is 0 Å². The molecule has 0 saturated carbocycles. The Balaban J connectivity index is 1.41. The molecule has 0 aliphatic carbocycles. The number of hydrogen-bond acceptors (Lipinski definition) is 4. The van der Waals surface area contributed by atoms with Gasteiger partial charge in [0.15, 0.2) is 0 Å². The fourth-order valence-corrected chi connectivity index (χ4v) is 5.61. The third-order valence-electron chi connectivity index (χ3n) is 7.25. The van der Waals surface area contributed by atoms with Gasteiger partial charge in [0, 0.05) is 43.4 Å². The van der Waals surface area contributed by atoms with Crippen molar-refractivity contribution in [1.29, 1.82) is 5.26 Å². The van der Waals surface area contributed by atoms with Gasteiger partial charge >= 0.3 is 6.09 Å². The third-order valence-corrected chi connectivity index (χ3v) is 7.25.